The Kier molecular flexibility index (Phi) is 6.32. The van der Waals surface area contributed by atoms with Gasteiger partial charge in [0, 0.05) is 24.8 Å². The number of nitrogens with one attached hydrogen (secondary N) is 2. The Morgan fingerprint density at radius 2 is 1.78 bits per heavy atom. The summed E-state index contributed by atoms with van der Waals surface area (Å²) >= 11 is 5.90. The van der Waals surface area contributed by atoms with Crippen molar-refractivity contribution in [1.82, 2.24) is 14.5 Å². The number of rotatable bonds is 6. The Morgan fingerprint density at radius 1 is 1.16 bits per heavy atom. The van der Waals surface area contributed by atoms with Crippen molar-refractivity contribution in [2.45, 2.75) is 24.3 Å². The second-order valence-corrected chi connectivity index (χ2v) is 10.4. The largest absolute Gasteiger partial charge is 0.325 e. The van der Waals surface area contributed by atoms with Gasteiger partial charge >= 0.3 is 6.03 Å². The first-order valence-corrected chi connectivity index (χ1v) is 11.4. The van der Waals surface area contributed by atoms with E-state index in [-0.39, 0.29) is 10.6 Å². The molecule has 0 spiro atoms. The van der Waals surface area contributed by atoms with Crippen LogP contribution in [0.15, 0.2) is 47.4 Å². The van der Waals surface area contributed by atoms with Gasteiger partial charge in [-0.05, 0) is 49.2 Å². The lowest BCUT2D eigenvalue weighted by Crippen LogP contribution is -2.42. The molecular weight excluding hydrogens is 456 g/mol. The quantitative estimate of drug-likeness (QED) is 0.618. The zero-order valence-corrected chi connectivity index (χ0v) is 19.5. The summed E-state index contributed by atoms with van der Waals surface area (Å²) in [6.45, 7) is 2.72. The number of anilines is 1. The van der Waals surface area contributed by atoms with E-state index in [9.17, 15) is 22.8 Å². The number of amides is 4. The van der Waals surface area contributed by atoms with Crippen molar-refractivity contribution in [3.8, 4) is 0 Å². The minimum absolute atomic E-state index is 0.00806. The fourth-order valence-electron chi connectivity index (χ4n) is 3.26. The Hall–Kier alpha value is -2.95. The van der Waals surface area contributed by atoms with Gasteiger partial charge in [0.2, 0.25) is 15.9 Å². The molecule has 11 heteroatoms. The number of benzene rings is 2. The van der Waals surface area contributed by atoms with Crippen molar-refractivity contribution in [3.05, 3.63) is 58.6 Å². The summed E-state index contributed by atoms with van der Waals surface area (Å²) in [5, 5.41) is 5.69. The third kappa shape index (κ3) is 4.34. The SMILES string of the molecule is Cc1ccc(S(=O)(=O)N(C)C)cc1NC(=O)CN1C(=O)N[C@](C)(c2ccc(Cl)cc2)C1=O. The molecule has 32 heavy (non-hydrogen) atoms. The van der Waals surface area contributed by atoms with Crippen molar-refractivity contribution in [2.24, 2.45) is 0 Å². The number of urea groups is 1. The van der Waals surface area contributed by atoms with Crippen LogP contribution in [-0.4, -0.2) is 56.1 Å². The summed E-state index contributed by atoms with van der Waals surface area (Å²) < 4.78 is 25.8. The predicted octanol–water partition coefficient (Wildman–Crippen LogP) is 2.30. The summed E-state index contributed by atoms with van der Waals surface area (Å²) in [4.78, 5) is 38.9. The number of nitrogens with zero attached hydrogens (tertiary/aromatic N) is 2. The molecule has 2 N–H and O–H groups in total. The second kappa shape index (κ2) is 8.53. The molecule has 0 unspecified atom stereocenters. The lowest BCUT2D eigenvalue weighted by molar-refractivity contribution is -0.133. The van der Waals surface area contributed by atoms with Gasteiger partial charge in [0.05, 0.1) is 4.90 Å². The average Bonchev–Trinajstić information content (AvgIpc) is 2.93. The number of carbonyl (C=O) groups excluding carboxylic acids is 3. The van der Waals surface area contributed by atoms with E-state index in [0.717, 1.165) is 9.21 Å². The zero-order valence-electron chi connectivity index (χ0n) is 18.0. The zero-order chi connectivity index (χ0) is 23.8. The first-order chi connectivity index (χ1) is 14.9. The van der Waals surface area contributed by atoms with Crippen LogP contribution >= 0.6 is 11.6 Å². The van der Waals surface area contributed by atoms with Crippen molar-refractivity contribution >= 4 is 45.2 Å². The third-order valence-electron chi connectivity index (χ3n) is 5.26. The molecule has 3 rings (SSSR count). The second-order valence-electron chi connectivity index (χ2n) is 7.77. The van der Waals surface area contributed by atoms with Gasteiger partial charge in [-0.25, -0.2) is 17.5 Å². The lowest BCUT2D eigenvalue weighted by Gasteiger charge is -2.22. The normalized spacial score (nSPS) is 18.8. The van der Waals surface area contributed by atoms with Gasteiger partial charge in [-0.2, -0.15) is 0 Å². The highest BCUT2D eigenvalue weighted by molar-refractivity contribution is 7.89. The molecule has 1 saturated heterocycles. The average molecular weight is 479 g/mol. The number of halogens is 1. The van der Waals surface area contributed by atoms with Crippen LogP contribution in [0.3, 0.4) is 0 Å². The number of aryl methyl sites for hydroxylation is 1. The molecule has 1 aliphatic rings. The molecule has 0 saturated carbocycles. The van der Waals surface area contributed by atoms with Crippen LogP contribution in [0.1, 0.15) is 18.1 Å². The fraction of sp³-hybridized carbons (Fsp3) is 0.286. The molecule has 0 aliphatic carbocycles. The monoisotopic (exact) mass is 478 g/mol. The van der Waals surface area contributed by atoms with Crippen LogP contribution < -0.4 is 10.6 Å². The Labute approximate surface area is 191 Å². The van der Waals surface area contributed by atoms with Crippen molar-refractivity contribution in [1.29, 1.82) is 0 Å². The number of carbonyl (C=O) groups is 3. The minimum Gasteiger partial charge on any atom is -0.324 e. The molecule has 1 fully saturated rings. The van der Waals surface area contributed by atoms with E-state index in [4.69, 9.17) is 11.6 Å². The summed E-state index contributed by atoms with van der Waals surface area (Å²) in [6, 6.07) is 10.1. The molecule has 0 aromatic heterocycles. The summed E-state index contributed by atoms with van der Waals surface area (Å²) in [7, 11) is -0.886. The summed E-state index contributed by atoms with van der Waals surface area (Å²) in [5.74, 6) is -1.23. The first kappa shape index (κ1) is 23.7. The maximum absolute atomic E-state index is 13.0. The lowest BCUT2D eigenvalue weighted by atomic mass is 9.92. The van der Waals surface area contributed by atoms with Crippen molar-refractivity contribution < 1.29 is 22.8 Å². The molecule has 0 radical (unpaired) electrons. The van der Waals surface area contributed by atoms with Gasteiger partial charge in [0.1, 0.15) is 12.1 Å². The fourth-order valence-corrected chi connectivity index (χ4v) is 4.31. The van der Waals surface area contributed by atoms with E-state index in [1.165, 1.54) is 26.2 Å². The molecule has 4 amide bonds. The van der Waals surface area contributed by atoms with Gasteiger partial charge in [-0.15, -0.1) is 0 Å². The highest BCUT2D eigenvalue weighted by Gasteiger charge is 2.49. The van der Waals surface area contributed by atoms with Gasteiger partial charge in [-0.3, -0.25) is 14.5 Å². The summed E-state index contributed by atoms with van der Waals surface area (Å²) in [6.07, 6.45) is 0. The standard InChI is InChI=1S/C21H23ClN4O5S/c1-13-5-10-16(32(30,31)25(3)4)11-17(13)23-18(27)12-26-19(28)21(2,24-20(26)29)14-6-8-15(22)9-7-14/h5-11H,12H2,1-4H3,(H,23,27)(H,24,29)/t21-/m1/s1. The molecule has 170 valence electrons. The molecule has 0 bridgehead atoms. The molecule has 2 aromatic rings. The minimum atomic E-state index is -3.70. The third-order valence-corrected chi connectivity index (χ3v) is 7.32. The van der Waals surface area contributed by atoms with E-state index >= 15 is 0 Å². The molecule has 2 aromatic carbocycles. The molecular formula is C21H23ClN4O5S. The van der Waals surface area contributed by atoms with Gasteiger partial charge < -0.3 is 10.6 Å². The van der Waals surface area contributed by atoms with E-state index < -0.39 is 40.0 Å². The molecule has 1 atom stereocenters. The van der Waals surface area contributed by atoms with Gasteiger partial charge in [-0.1, -0.05) is 29.8 Å². The highest BCUT2D eigenvalue weighted by atomic mass is 35.5. The van der Waals surface area contributed by atoms with E-state index in [2.05, 4.69) is 10.6 Å². The number of imide groups is 1. The maximum atomic E-state index is 13.0. The van der Waals surface area contributed by atoms with Crippen LogP contribution in [0.25, 0.3) is 0 Å². The van der Waals surface area contributed by atoms with E-state index in [0.29, 0.717) is 16.1 Å². The van der Waals surface area contributed by atoms with Crippen LogP contribution in [0.5, 0.6) is 0 Å². The van der Waals surface area contributed by atoms with Gasteiger partial charge in [0.25, 0.3) is 5.91 Å². The summed E-state index contributed by atoms with van der Waals surface area (Å²) in [5.41, 5.74) is 0.0858. The number of hydrogen-bond donors (Lipinski definition) is 2. The molecule has 1 heterocycles. The maximum Gasteiger partial charge on any atom is 0.325 e. The number of hydrogen-bond acceptors (Lipinski definition) is 5. The van der Waals surface area contributed by atoms with Crippen LogP contribution in [0, 0.1) is 6.92 Å². The Bertz CT molecular complexity index is 1200. The highest BCUT2D eigenvalue weighted by Crippen LogP contribution is 2.30. The predicted molar refractivity (Wildman–Crippen MR) is 120 cm³/mol. The smallest absolute Gasteiger partial charge is 0.324 e. The van der Waals surface area contributed by atoms with E-state index in [1.807, 2.05) is 0 Å². The first-order valence-electron chi connectivity index (χ1n) is 9.59. The Balaban J connectivity index is 1.79. The van der Waals surface area contributed by atoms with E-state index in [1.54, 1.807) is 44.2 Å². The van der Waals surface area contributed by atoms with Crippen LogP contribution in [-0.2, 0) is 25.2 Å². The Morgan fingerprint density at radius 3 is 2.38 bits per heavy atom. The van der Waals surface area contributed by atoms with Crippen molar-refractivity contribution in [3.63, 3.8) is 0 Å². The number of sulfonamides is 1. The van der Waals surface area contributed by atoms with Crippen LogP contribution in [0.4, 0.5) is 10.5 Å². The molecule has 9 nitrogen and oxygen atoms in total. The van der Waals surface area contributed by atoms with Gasteiger partial charge in [0.15, 0.2) is 0 Å². The van der Waals surface area contributed by atoms with Crippen molar-refractivity contribution in [2.75, 3.05) is 26.0 Å². The molecule has 1 aliphatic heterocycles. The topological polar surface area (TPSA) is 116 Å². The van der Waals surface area contributed by atoms with Crippen LogP contribution in [0.2, 0.25) is 5.02 Å².